The fraction of sp³-hybridized carbons (Fsp3) is 0.350. The number of amides is 2. The Bertz CT molecular complexity index is 1010. The fourth-order valence-corrected chi connectivity index (χ4v) is 3.63. The first-order chi connectivity index (χ1) is 13.5. The van der Waals surface area contributed by atoms with Gasteiger partial charge >= 0.3 is 0 Å². The summed E-state index contributed by atoms with van der Waals surface area (Å²) in [7, 11) is 3.41. The molecule has 0 radical (unpaired) electrons. The number of nitrogens with zero attached hydrogens (tertiary/aromatic N) is 6. The molecule has 0 bridgehead atoms. The molecule has 4 heterocycles. The number of likely N-dealkylation sites (tertiary alicyclic amines) is 1. The smallest absolute Gasteiger partial charge is 0.258 e. The molecule has 0 aromatic carbocycles. The van der Waals surface area contributed by atoms with Crippen molar-refractivity contribution in [2.24, 2.45) is 0 Å². The van der Waals surface area contributed by atoms with E-state index < -0.39 is 0 Å². The Hall–Kier alpha value is -3.29. The van der Waals surface area contributed by atoms with E-state index in [0.29, 0.717) is 30.7 Å². The summed E-state index contributed by atoms with van der Waals surface area (Å²) in [6.45, 7) is 1.34. The van der Waals surface area contributed by atoms with Crippen LogP contribution in [0.15, 0.2) is 43.0 Å². The molecule has 4 rings (SSSR count). The largest absolute Gasteiger partial charge is 0.345 e. The molecule has 3 aromatic heterocycles. The summed E-state index contributed by atoms with van der Waals surface area (Å²) in [5.41, 5.74) is 2.92. The molecule has 0 unspecified atom stereocenters. The number of carbonyl (C=O) groups excluding carboxylic acids is 2. The van der Waals surface area contributed by atoms with Crippen molar-refractivity contribution in [1.82, 2.24) is 29.4 Å². The lowest BCUT2D eigenvalue weighted by molar-refractivity contribution is -0.129. The lowest BCUT2D eigenvalue weighted by Crippen LogP contribution is -2.30. The summed E-state index contributed by atoms with van der Waals surface area (Å²) in [5.74, 6) is 0.134. The van der Waals surface area contributed by atoms with Gasteiger partial charge in [0.1, 0.15) is 5.56 Å². The van der Waals surface area contributed by atoms with Crippen LogP contribution in [0.5, 0.6) is 0 Å². The maximum absolute atomic E-state index is 12.6. The van der Waals surface area contributed by atoms with Crippen LogP contribution in [0, 0.1) is 0 Å². The van der Waals surface area contributed by atoms with Gasteiger partial charge < -0.3 is 9.80 Å². The molecule has 1 fully saturated rings. The van der Waals surface area contributed by atoms with Gasteiger partial charge in [0.2, 0.25) is 5.91 Å². The predicted octanol–water partition coefficient (Wildman–Crippen LogP) is 1.38. The van der Waals surface area contributed by atoms with E-state index in [9.17, 15) is 9.59 Å². The highest BCUT2D eigenvalue weighted by atomic mass is 16.2. The quantitative estimate of drug-likeness (QED) is 0.685. The van der Waals surface area contributed by atoms with Crippen LogP contribution in [0.2, 0.25) is 0 Å². The highest BCUT2D eigenvalue weighted by molar-refractivity contribution is 5.99. The molecular formula is C20H22N6O2. The molecule has 0 N–H and O–H groups in total. The zero-order chi connectivity index (χ0) is 19.7. The van der Waals surface area contributed by atoms with Gasteiger partial charge in [-0.25, -0.2) is 9.50 Å². The Morgan fingerprint density at radius 2 is 2.07 bits per heavy atom. The molecule has 0 saturated carbocycles. The summed E-state index contributed by atoms with van der Waals surface area (Å²) in [5, 5.41) is 4.40. The molecule has 3 aromatic rings. The molecule has 28 heavy (non-hydrogen) atoms. The van der Waals surface area contributed by atoms with Crippen molar-refractivity contribution in [3.63, 3.8) is 0 Å². The molecule has 1 aliphatic rings. The summed E-state index contributed by atoms with van der Waals surface area (Å²) in [6.07, 6.45) is 7.91. The van der Waals surface area contributed by atoms with Gasteiger partial charge in [-0.1, -0.05) is 6.07 Å². The van der Waals surface area contributed by atoms with Gasteiger partial charge in [0, 0.05) is 51.7 Å². The Kier molecular flexibility index (Phi) is 4.77. The normalized spacial score (nSPS) is 16.5. The molecule has 1 saturated heterocycles. The number of hydrogen-bond donors (Lipinski definition) is 0. The third kappa shape index (κ3) is 3.33. The van der Waals surface area contributed by atoms with Crippen LogP contribution in [-0.2, 0) is 11.2 Å². The van der Waals surface area contributed by atoms with Gasteiger partial charge in [-0.05, 0) is 24.1 Å². The number of rotatable bonds is 4. The highest BCUT2D eigenvalue weighted by Gasteiger charge is 2.29. The van der Waals surface area contributed by atoms with E-state index in [1.54, 1.807) is 43.4 Å². The predicted molar refractivity (Wildman–Crippen MR) is 103 cm³/mol. The van der Waals surface area contributed by atoms with Gasteiger partial charge in [-0.15, -0.1) is 0 Å². The molecule has 0 spiro atoms. The van der Waals surface area contributed by atoms with E-state index in [2.05, 4.69) is 15.1 Å². The van der Waals surface area contributed by atoms with E-state index >= 15 is 0 Å². The number of pyridine rings is 1. The minimum absolute atomic E-state index is 0.102. The first kappa shape index (κ1) is 18.1. The maximum atomic E-state index is 12.6. The van der Waals surface area contributed by atoms with Crippen LogP contribution in [0.4, 0.5) is 0 Å². The van der Waals surface area contributed by atoms with Crippen LogP contribution in [0.1, 0.15) is 34.0 Å². The van der Waals surface area contributed by atoms with Crippen molar-refractivity contribution in [3.8, 4) is 0 Å². The van der Waals surface area contributed by atoms with E-state index in [0.717, 1.165) is 17.7 Å². The molecular weight excluding hydrogens is 356 g/mol. The number of hydrogen-bond acceptors (Lipinski definition) is 5. The molecule has 2 amide bonds. The standard InChI is InChI=1S/C20H22N6O2/c1-24(2)20(28)16-12-23-26-17(5-8-22-19(16)26)15-6-9-25(13-15)18(27)10-14-4-3-7-21-11-14/h3-5,7-8,11-12,15H,6,9-10,13H2,1-2H3/t15-/m1/s1. The third-order valence-electron chi connectivity index (χ3n) is 5.10. The van der Waals surface area contributed by atoms with Crippen LogP contribution >= 0.6 is 0 Å². The second-order valence-corrected chi connectivity index (χ2v) is 7.23. The molecule has 1 atom stereocenters. The van der Waals surface area contributed by atoms with Crippen molar-refractivity contribution >= 4 is 17.5 Å². The van der Waals surface area contributed by atoms with Gasteiger partial charge in [0.15, 0.2) is 5.65 Å². The van der Waals surface area contributed by atoms with Gasteiger partial charge in [0.05, 0.1) is 18.3 Å². The summed E-state index contributed by atoms with van der Waals surface area (Å²) >= 11 is 0. The van der Waals surface area contributed by atoms with Crippen molar-refractivity contribution in [2.45, 2.75) is 18.8 Å². The van der Waals surface area contributed by atoms with Crippen LogP contribution in [-0.4, -0.2) is 68.4 Å². The van der Waals surface area contributed by atoms with Crippen molar-refractivity contribution < 1.29 is 9.59 Å². The molecule has 144 valence electrons. The van der Waals surface area contributed by atoms with Crippen LogP contribution in [0.25, 0.3) is 5.65 Å². The number of fused-ring (bicyclic) bond motifs is 1. The SMILES string of the molecule is CN(C)C(=O)c1cnn2c([C@@H]3CCN(C(=O)Cc4cccnc4)C3)ccnc12. The Labute approximate surface area is 162 Å². The molecule has 0 aliphatic carbocycles. The average Bonchev–Trinajstić information content (AvgIpc) is 3.35. The lowest BCUT2D eigenvalue weighted by atomic mass is 10.0. The molecule has 8 heteroatoms. The summed E-state index contributed by atoms with van der Waals surface area (Å²) in [6, 6.07) is 5.68. The van der Waals surface area contributed by atoms with E-state index in [1.165, 1.54) is 4.90 Å². The lowest BCUT2D eigenvalue weighted by Gasteiger charge is -2.17. The minimum atomic E-state index is -0.126. The topological polar surface area (TPSA) is 83.7 Å². The number of carbonyl (C=O) groups is 2. The van der Waals surface area contributed by atoms with E-state index in [-0.39, 0.29) is 17.7 Å². The first-order valence-electron chi connectivity index (χ1n) is 9.25. The molecule has 8 nitrogen and oxygen atoms in total. The van der Waals surface area contributed by atoms with Crippen molar-refractivity contribution in [2.75, 3.05) is 27.2 Å². The second-order valence-electron chi connectivity index (χ2n) is 7.23. The summed E-state index contributed by atoms with van der Waals surface area (Å²) < 4.78 is 1.73. The maximum Gasteiger partial charge on any atom is 0.258 e. The molecule has 1 aliphatic heterocycles. The van der Waals surface area contributed by atoms with Crippen LogP contribution < -0.4 is 0 Å². The summed E-state index contributed by atoms with van der Waals surface area (Å²) in [4.78, 5) is 36.8. The van der Waals surface area contributed by atoms with E-state index in [1.807, 2.05) is 23.1 Å². The van der Waals surface area contributed by atoms with Gasteiger partial charge in [0.25, 0.3) is 5.91 Å². The number of aromatic nitrogens is 4. The fourth-order valence-electron chi connectivity index (χ4n) is 3.63. The van der Waals surface area contributed by atoms with Gasteiger partial charge in [-0.3, -0.25) is 14.6 Å². The Morgan fingerprint density at radius 3 is 2.82 bits per heavy atom. The highest BCUT2D eigenvalue weighted by Crippen LogP contribution is 2.28. The first-order valence-corrected chi connectivity index (χ1v) is 9.25. The monoisotopic (exact) mass is 378 g/mol. The third-order valence-corrected chi connectivity index (χ3v) is 5.10. The zero-order valence-electron chi connectivity index (χ0n) is 15.9. The Balaban J connectivity index is 1.53. The van der Waals surface area contributed by atoms with Crippen molar-refractivity contribution in [1.29, 1.82) is 0 Å². The van der Waals surface area contributed by atoms with Crippen LogP contribution in [0.3, 0.4) is 0 Å². The van der Waals surface area contributed by atoms with E-state index in [4.69, 9.17) is 0 Å². The van der Waals surface area contributed by atoms with Gasteiger partial charge in [-0.2, -0.15) is 5.10 Å². The zero-order valence-corrected chi connectivity index (χ0v) is 15.9. The minimum Gasteiger partial charge on any atom is -0.345 e. The second kappa shape index (κ2) is 7.38. The average molecular weight is 378 g/mol. The Morgan fingerprint density at radius 1 is 1.21 bits per heavy atom. The van der Waals surface area contributed by atoms with Crippen molar-refractivity contribution in [3.05, 3.63) is 59.8 Å².